The third kappa shape index (κ3) is 4.70. The maximum atomic E-state index is 5.32. The molecule has 0 amide bonds. The van der Waals surface area contributed by atoms with Gasteiger partial charge in [0.15, 0.2) is 5.96 Å². The van der Waals surface area contributed by atoms with Gasteiger partial charge in [-0.1, -0.05) is 24.3 Å². The molecule has 0 radical (unpaired) electrons. The number of nitrogens with one attached hydrogen (secondary N) is 2. The molecule has 0 aliphatic heterocycles. The zero-order valence-corrected chi connectivity index (χ0v) is 15.9. The summed E-state index contributed by atoms with van der Waals surface area (Å²) in [7, 11) is 1.76. The molecule has 2 aromatic heterocycles. The number of hydrogen-bond acceptors (Lipinski definition) is 3. The Labute approximate surface area is 158 Å². The van der Waals surface area contributed by atoms with Crippen LogP contribution in [-0.2, 0) is 13.0 Å². The van der Waals surface area contributed by atoms with E-state index >= 15 is 0 Å². The lowest BCUT2D eigenvalue weighted by molar-refractivity contribution is 0.507. The Kier molecular flexibility index (Phi) is 7.05. The highest BCUT2D eigenvalue weighted by Crippen LogP contribution is 2.15. The molecule has 1 aromatic carbocycles. The van der Waals surface area contributed by atoms with Crippen molar-refractivity contribution in [3.05, 3.63) is 66.4 Å². The normalized spacial score (nSPS) is 11.1. The smallest absolute Gasteiger partial charge is 0.191 e. The number of benzene rings is 1. The van der Waals surface area contributed by atoms with Gasteiger partial charge >= 0.3 is 0 Å². The maximum Gasteiger partial charge on any atom is 0.191 e. The van der Waals surface area contributed by atoms with Gasteiger partial charge in [-0.3, -0.25) is 9.98 Å². The summed E-state index contributed by atoms with van der Waals surface area (Å²) in [5, 5.41) is 8.94. The summed E-state index contributed by atoms with van der Waals surface area (Å²) in [6, 6.07) is 14.1. The number of hydrogen-bond donors (Lipinski definition) is 2. The van der Waals surface area contributed by atoms with E-state index in [1.807, 2.05) is 36.5 Å². The van der Waals surface area contributed by atoms with Crippen molar-refractivity contribution in [1.29, 1.82) is 0 Å². The Hall–Kier alpha value is -2.09. The monoisotopic (exact) mass is 436 g/mol. The molecule has 6 heteroatoms. The predicted octanol–water partition coefficient (Wildman–Crippen LogP) is 3.35. The molecule has 0 bridgehead atoms. The van der Waals surface area contributed by atoms with Gasteiger partial charge in [0.25, 0.3) is 0 Å². The Morgan fingerprint density at radius 1 is 1.12 bits per heavy atom. The van der Waals surface area contributed by atoms with Crippen molar-refractivity contribution in [1.82, 2.24) is 15.6 Å². The highest BCUT2D eigenvalue weighted by molar-refractivity contribution is 14.0. The van der Waals surface area contributed by atoms with E-state index in [0.717, 1.165) is 35.8 Å². The van der Waals surface area contributed by atoms with Crippen molar-refractivity contribution < 1.29 is 4.42 Å². The minimum absolute atomic E-state index is 0. The molecule has 0 aliphatic rings. The number of fused-ring (bicyclic) bond motifs is 1. The van der Waals surface area contributed by atoms with E-state index in [1.54, 1.807) is 13.3 Å². The van der Waals surface area contributed by atoms with Gasteiger partial charge in [0.2, 0.25) is 0 Å². The van der Waals surface area contributed by atoms with Crippen molar-refractivity contribution in [2.24, 2.45) is 4.99 Å². The van der Waals surface area contributed by atoms with Crippen molar-refractivity contribution in [3.8, 4) is 0 Å². The molecule has 0 unspecified atom stereocenters. The molecule has 0 atom stereocenters. The minimum atomic E-state index is 0. The van der Waals surface area contributed by atoms with E-state index in [-0.39, 0.29) is 24.0 Å². The molecule has 3 aromatic rings. The fourth-order valence-electron chi connectivity index (χ4n) is 2.47. The average molecular weight is 436 g/mol. The molecule has 0 saturated carbocycles. The van der Waals surface area contributed by atoms with Crippen LogP contribution in [0.2, 0.25) is 0 Å². The van der Waals surface area contributed by atoms with E-state index in [9.17, 15) is 0 Å². The fraction of sp³-hybridized carbons (Fsp3) is 0.222. The van der Waals surface area contributed by atoms with E-state index in [0.29, 0.717) is 6.54 Å². The van der Waals surface area contributed by atoms with Crippen LogP contribution in [0.5, 0.6) is 0 Å². The van der Waals surface area contributed by atoms with Gasteiger partial charge in [0.1, 0.15) is 5.76 Å². The first-order valence-electron chi connectivity index (χ1n) is 7.66. The summed E-state index contributed by atoms with van der Waals surface area (Å²) in [4.78, 5) is 8.71. The number of rotatable bonds is 5. The van der Waals surface area contributed by atoms with Crippen LogP contribution in [0.15, 0.2) is 64.3 Å². The zero-order chi connectivity index (χ0) is 15.9. The topological polar surface area (TPSA) is 62.5 Å². The lowest BCUT2D eigenvalue weighted by atomic mass is 10.1. The number of furan rings is 1. The number of aromatic nitrogens is 1. The standard InChI is InChI=1S/C18H20N4O.HI/c1-19-18(21-11-9-15-6-4-12-23-15)22-13-17-16-7-3-2-5-14(16)8-10-20-17;/h2-8,10,12H,9,11,13H2,1H3,(H2,19,21,22);1H. The van der Waals surface area contributed by atoms with Crippen LogP contribution < -0.4 is 10.6 Å². The first kappa shape index (κ1) is 18.3. The van der Waals surface area contributed by atoms with Crippen molar-refractivity contribution >= 4 is 40.7 Å². The third-order valence-electron chi connectivity index (χ3n) is 3.65. The summed E-state index contributed by atoms with van der Waals surface area (Å²) in [6.45, 7) is 1.39. The Bertz CT molecular complexity index is 781. The van der Waals surface area contributed by atoms with Gasteiger partial charge in [0.05, 0.1) is 18.5 Å². The van der Waals surface area contributed by atoms with Gasteiger partial charge in [-0.05, 0) is 23.6 Å². The molecule has 0 aliphatic carbocycles. The first-order chi connectivity index (χ1) is 11.4. The van der Waals surface area contributed by atoms with E-state index in [1.165, 1.54) is 5.39 Å². The number of guanidine groups is 1. The van der Waals surface area contributed by atoms with Gasteiger partial charge in [-0.15, -0.1) is 24.0 Å². The molecule has 126 valence electrons. The van der Waals surface area contributed by atoms with Gasteiger partial charge in [-0.2, -0.15) is 0 Å². The molecular weight excluding hydrogens is 415 g/mol. The van der Waals surface area contributed by atoms with Gasteiger partial charge in [-0.25, -0.2) is 0 Å². The van der Waals surface area contributed by atoms with Crippen LogP contribution in [0.4, 0.5) is 0 Å². The SMILES string of the molecule is CN=C(NCCc1ccco1)NCc1nccc2ccccc12.I. The molecule has 24 heavy (non-hydrogen) atoms. The van der Waals surface area contributed by atoms with E-state index < -0.39 is 0 Å². The highest BCUT2D eigenvalue weighted by Gasteiger charge is 2.04. The average Bonchev–Trinajstić information content (AvgIpc) is 3.11. The molecule has 3 rings (SSSR count). The van der Waals surface area contributed by atoms with Crippen LogP contribution in [-0.4, -0.2) is 24.5 Å². The Morgan fingerprint density at radius 3 is 2.79 bits per heavy atom. The quantitative estimate of drug-likeness (QED) is 0.366. The number of aliphatic imine (C=N–C) groups is 1. The second kappa shape index (κ2) is 9.27. The largest absolute Gasteiger partial charge is 0.469 e. The second-order valence-corrected chi connectivity index (χ2v) is 5.16. The van der Waals surface area contributed by atoms with Crippen LogP contribution in [0.25, 0.3) is 10.8 Å². The Morgan fingerprint density at radius 2 is 2.00 bits per heavy atom. The third-order valence-corrected chi connectivity index (χ3v) is 3.65. The maximum absolute atomic E-state index is 5.32. The molecule has 0 fully saturated rings. The molecule has 0 saturated heterocycles. The second-order valence-electron chi connectivity index (χ2n) is 5.16. The van der Waals surface area contributed by atoms with Crippen LogP contribution >= 0.6 is 24.0 Å². The van der Waals surface area contributed by atoms with E-state index in [2.05, 4.69) is 32.7 Å². The number of pyridine rings is 1. The predicted molar refractivity (Wildman–Crippen MR) is 108 cm³/mol. The van der Waals surface area contributed by atoms with Crippen LogP contribution in [0.1, 0.15) is 11.5 Å². The lowest BCUT2D eigenvalue weighted by Gasteiger charge is -2.12. The summed E-state index contributed by atoms with van der Waals surface area (Å²) in [5.74, 6) is 1.72. The summed E-state index contributed by atoms with van der Waals surface area (Å²) in [6.07, 6.45) is 4.35. The zero-order valence-electron chi connectivity index (χ0n) is 13.5. The van der Waals surface area contributed by atoms with Crippen molar-refractivity contribution in [2.75, 3.05) is 13.6 Å². The number of halogens is 1. The Balaban J connectivity index is 0.00000208. The highest BCUT2D eigenvalue weighted by atomic mass is 127. The fourth-order valence-corrected chi connectivity index (χ4v) is 2.47. The number of nitrogens with zero attached hydrogens (tertiary/aromatic N) is 2. The molecule has 0 spiro atoms. The van der Waals surface area contributed by atoms with Gasteiger partial charge in [0, 0.05) is 31.6 Å². The van der Waals surface area contributed by atoms with Gasteiger partial charge < -0.3 is 15.1 Å². The van der Waals surface area contributed by atoms with Crippen molar-refractivity contribution in [2.45, 2.75) is 13.0 Å². The molecule has 2 heterocycles. The first-order valence-corrected chi connectivity index (χ1v) is 7.66. The molecular formula is C18H21IN4O. The molecule has 2 N–H and O–H groups in total. The van der Waals surface area contributed by atoms with Crippen LogP contribution in [0.3, 0.4) is 0 Å². The summed E-state index contributed by atoms with van der Waals surface area (Å²) < 4.78 is 5.32. The summed E-state index contributed by atoms with van der Waals surface area (Å²) >= 11 is 0. The minimum Gasteiger partial charge on any atom is -0.469 e. The van der Waals surface area contributed by atoms with E-state index in [4.69, 9.17) is 4.42 Å². The van der Waals surface area contributed by atoms with Crippen LogP contribution in [0, 0.1) is 0 Å². The lowest BCUT2D eigenvalue weighted by Crippen LogP contribution is -2.38. The van der Waals surface area contributed by atoms with Crippen molar-refractivity contribution in [3.63, 3.8) is 0 Å². The summed E-state index contributed by atoms with van der Waals surface area (Å²) in [5.41, 5.74) is 1.01. The molecule has 5 nitrogen and oxygen atoms in total.